The monoisotopic (exact) mass is 486 g/mol. The first-order valence-corrected chi connectivity index (χ1v) is 11.9. The van der Waals surface area contributed by atoms with Gasteiger partial charge in [-0.1, -0.05) is 90.6 Å². The van der Waals surface area contributed by atoms with Gasteiger partial charge in [-0.05, 0) is 35.4 Å². The molecule has 0 bridgehead atoms. The second kappa shape index (κ2) is 13.2. The minimum atomic E-state index is -0.472. The van der Waals surface area contributed by atoms with Gasteiger partial charge in [0.2, 0.25) is 0 Å². The van der Waals surface area contributed by atoms with Crippen LogP contribution in [0.3, 0.4) is 0 Å². The fourth-order valence-corrected chi connectivity index (χ4v) is 3.49. The van der Waals surface area contributed by atoms with Crippen LogP contribution in [0.4, 0.5) is 0 Å². The van der Waals surface area contributed by atoms with Gasteiger partial charge in [-0.3, -0.25) is 0 Å². The van der Waals surface area contributed by atoms with Crippen LogP contribution in [-0.2, 0) is 18.0 Å². The molecule has 0 aliphatic heterocycles. The summed E-state index contributed by atoms with van der Waals surface area (Å²) in [6.07, 6.45) is 5.89. The van der Waals surface area contributed by atoms with Crippen molar-refractivity contribution in [3.63, 3.8) is 0 Å². The molecule has 4 heteroatoms. The van der Waals surface area contributed by atoms with E-state index in [1.165, 1.54) is 0 Å². The number of hydrogen-bond acceptors (Lipinski definition) is 4. The standard InChI is InChI=1S/C33H26O4/c1-2-28-17-9-10-18-29(28)19-11-12-20-35-33(34)30-21-31(36-24-26-13-5-3-6-14-26)23-32(22-30)37-25-27-15-7-4-8-16-27/h1,3-10,13-18,21-23H,12,20,24-25H2. The van der Waals surface area contributed by atoms with E-state index < -0.39 is 5.97 Å². The Labute approximate surface area is 217 Å². The maximum absolute atomic E-state index is 12.8. The fraction of sp³-hybridized carbons (Fsp3) is 0.121. The van der Waals surface area contributed by atoms with Crippen molar-refractivity contribution in [3.8, 4) is 35.7 Å². The average Bonchev–Trinajstić information content (AvgIpc) is 2.96. The third-order valence-corrected chi connectivity index (χ3v) is 5.38. The van der Waals surface area contributed by atoms with Crippen LogP contribution in [0.15, 0.2) is 103 Å². The van der Waals surface area contributed by atoms with Crippen molar-refractivity contribution in [2.24, 2.45) is 0 Å². The Bertz CT molecular complexity index is 1360. The molecule has 0 heterocycles. The third-order valence-electron chi connectivity index (χ3n) is 5.38. The van der Waals surface area contributed by atoms with Crippen molar-refractivity contribution in [3.05, 3.63) is 131 Å². The molecule has 182 valence electrons. The predicted octanol–water partition coefficient (Wildman–Crippen LogP) is 6.42. The van der Waals surface area contributed by atoms with Gasteiger partial charge in [-0.15, -0.1) is 6.42 Å². The summed E-state index contributed by atoms with van der Waals surface area (Å²) in [5.74, 6) is 9.23. The number of benzene rings is 4. The van der Waals surface area contributed by atoms with Gasteiger partial charge < -0.3 is 14.2 Å². The molecule has 0 aliphatic carbocycles. The smallest absolute Gasteiger partial charge is 0.338 e. The van der Waals surface area contributed by atoms with Crippen molar-refractivity contribution in [2.45, 2.75) is 19.6 Å². The number of esters is 1. The van der Waals surface area contributed by atoms with Crippen LogP contribution < -0.4 is 9.47 Å². The number of carbonyl (C=O) groups is 1. The van der Waals surface area contributed by atoms with Crippen molar-refractivity contribution in [1.82, 2.24) is 0 Å². The molecule has 0 aliphatic rings. The zero-order valence-corrected chi connectivity index (χ0v) is 20.4. The van der Waals surface area contributed by atoms with Gasteiger partial charge in [0.25, 0.3) is 0 Å². The summed E-state index contributed by atoms with van der Waals surface area (Å²) < 4.78 is 17.4. The highest BCUT2D eigenvalue weighted by molar-refractivity contribution is 5.90. The highest BCUT2D eigenvalue weighted by Gasteiger charge is 2.12. The SMILES string of the molecule is C#Cc1ccccc1C#CCCOC(=O)c1cc(OCc2ccccc2)cc(OCc2ccccc2)c1. The molecule has 0 saturated carbocycles. The lowest BCUT2D eigenvalue weighted by Crippen LogP contribution is -2.07. The third kappa shape index (κ3) is 7.79. The Morgan fingerprint density at radius 1 is 0.703 bits per heavy atom. The molecule has 37 heavy (non-hydrogen) atoms. The molecule has 0 aromatic heterocycles. The summed E-state index contributed by atoms with van der Waals surface area (Å²) in [5.41, 5.74) is 3.90. The van der Waals surface area contributed by atoms with E-state index in [0.717, 1.165) is 22.3 Å². The van der Waals surface area contributed by atoms with Crippen LogP contribution in [0.25, 0.3) is 0 Å². The van der Waals surface area contributed by atoms with E-state index in [1.807, 2.05) is 84.9 Å². The molecule has 0 spiro atoms. The first kappa shape index (κ1) is 25.2. The minimum absolute atomic E-state index is 0.152. The lowest BCUT2D eigenvalue weighted by atomic mass is 10.1. The first-order chi connectivity index (χ1) is 18.2. The molecular weight excluding hydrogens is 460 g/mol. The summed E-state index contributed by atoms with van der Waals surface area (Å²) in [6.45, 7) is 0.887. The minimum Gasteiger partial charge on any atom is -0.489 e. The molecular formula is C33H26O4. The highest BCUT2D eigenvalue weighted by Crippen LogP contribution is 2.25. The quantitative estimate of drug-likeness (QED) is 0.155. The lowest BCUT2D eigenvalue weighted by molar-refractivity contribution is 0.0512. The van der Waals surface area contributed by atoms with Crippen molar-refractivity contribution < 1.29 is 19.0 Å². The van der Waals surface area contributed by atoms with Gasteiger partial charge >= 0.3 is 5.97 Å². The first-order valence-electron chi connectivity index (χ1n) is 11.9. The van der Waals surface area contributed by atoms with Gasteiger partial charge in [0.15, 0.2) is 0 Å². The molecule has 4 nitrogen and oxygen atoms in total. The van der Waals surface area contributed by atoms with Gasteiger partial charge in [0.05, 0.1) is 5.56 Å². The number of carbonyl (C=O) groups excluding carboxylic acids is 1. The topological polar surface area (TPSA) is 44.8 Å². The van der Waals surface area contributed by atoms with Crippen LogP contribution in [0, 0.1) is 24.2 Å². The number of ether oxygens (including phenoxy) is 3. The van der Waals surface area contributed by atoms with E-state index in [-0.39, 0.29) is 6.61 Å². The fourth-order valence-electron chi connectivity index (χ4n) is 3.49. The maximum Gasteiger partial charge on any atom is 0.338 e. The van der Waals surface area contributed by atoms with Crippen LogP contribution in [-0.4, -0.2) is 12.6 Å². The van der Waals surface area contributed by atoms with Gasteiger partial charge in [0.1, 0.15) is 31.3 Å². The zero-order chi connectivity index (χ0) is 25.7. The van der Waals surface area contributed by atoms with E-state index >= 15 is 0 Å². The molecule has 4 aromatic carbocycles. The molecule has 0 atom stereocenters. The molecule has 4 aromatic rings. The highest BCUT2D eigenvalue weighted by atomic mass is 16.5. The summed E-state index contributed by atoms with van der Waals surface area (Å²) in [7, 11) is 0. The largest absolute Gasteiger partial charge is 0.489 e. The van der Waals surface area contributed by atoms with E-state index in [2.05, 4.69) is 17.8 Å². The van der Waals surface area contributed by atoms with Crippen molar-refractivity contribution >= 4 is 5.97 Å². The molecule has 0 saturated heterocycles. The second-order valence-corrected chi connectivity index (χ2v) is 8.12. The van der Waals surface area contributed by atoms with Crippen molar-refractivity contribution in [1.29, 1.82) is 0 Å². The number of rotatable bonds is 9. The zero-order valence-electron chi connectivity index (χ0n) is 20.4. The molecule has 4 rings (SSSR count). The van der Waals surface area contributed by atoms with Gasteiger partial charge in [0, 0.05) is 23.6 Å². The Hall–Kier alpha value is -4.93. The summed E-state index contributed by atoms with van der Waals surface area (Å²) >= 11 is 0. The summed E-state index contributed by atoms with van der Waals surface area (Å²) in [4.78, 5) is 12.8. The van der Waals surface area contributed by atoms with Crippen molar-refractivity contribution in [2.75, 3.05) is 6.61 Å². The molecule has 0 amide bonds. The molecule has 0 fully saturated rings. The van der Waals surface area contributed by atoms with E-state index in [9.17, 15) is 4.79 Å². The molecule has 0 unspecified atom stereocenters. The molecule has 0 N–H and O–H groups in total. The Balaban J connectivity index is 1.41. The normalized spacial score (nSPS) is 9.92. The van der Waals surface area contributed by atoms with Crippen LogP contribution in [0.5, 0.6) is 11.5 Å². The van der Waals surface area contributed by atoms with E-state index in [0.29, 0.717) is 36.7 Å². The Morgan fingerprint density at radius 3 is 1.81 bits per heavy atom. The van der Waals surface area contributed by atoms with Crippen LogP contribution in [0.1, 0.15) is 39.0 Å². The maximum atomic E-state index is 12.8. The van der Waals surface area contributed by atoms with E-state index in [4.69, 9.17) is 20.6 Å². The van der Waals surface area contributed by atoms with Gasteiger partial charge in [-0.2, -0.15) is 0 Å². The lowest BCUT2D eigenvalue weighted by Gasteiger charge is -2.12. The average molecular weight is 487 g/mol. The Kier molecular flexibility index (Phi) is 9.00. The van der Waals surface area contributed by atoms with E-state index in [1.54, 1.807) is 18.2 Å². The van der Waals surface area contributed by atoms with Crippen LogP contribution in [0.2, 0.25) is 0 Å². The van der Waals surface area contributed by atoms with Gasteiger partial charge in [-0.25, -0.2) is 4.79 Å². The Morgan fingerprint density at radius 2 is 1.24 bits per heavy atom. The predicted molar refractivity (Wildman–Crippen MR) is 144 cm³/mol. The number of hydrogen-bond donors (Lipinski definition) is 0. The molecule has 0 radical (unpaired) electrons. The summed E-state index contributed by atoms with van der Waals surface area (Å²) in [5, 5.41) is 0. The second-order valence-electron chi connectivity index (χ2n) is 8.12. The number of terminal acetylenes is 1. The summed E-state index contributed by atoms with van der Waals surface area (Å²) in [6, 6.07) is 32.2. The van der Waals surface area contributed by atoms with Crippen LogP contribution >= 0.6 is 0 Å².